The van der Waals surface area contributed by atoms with Gasteiger partial charge in [-0.15, -0.1) is 0 Å². The van der Waals surface area contributed by atoms with Crippen LogP contribution in [0, 0.1) is 0 Å². The highest BCUT2D eigenvalue weighted by molar-refractivity contribution is 7.89. The summed E-state index contributed by atoms with van der Waals surface area (Å²) < 4.78 is 38.7. The molecular weight excluding hydrogens is 294 g/mol. The monoisotopic (exact) mass is 317 g/mol. The van der Waals surface area contributed by atoms with E-state index < -0.39 is 10.0 Å². The van der Waals surface area contributed by atoms with Gasteiger partial charge in [-0.1, -0.05) is 0 Å². The summed E-state index contributed by atoms with van der Waals surface area (Å²) in [6.07, 6.45) is 4.54. The highest BCUT2D eigenvalue weighted by Gasteiger charge is 2.30. The van der Waals surface area contributed by atoms with Crippen LogP contribution < -0.4 is 0 Å². The number of aryl methyl sites for hydroxylation is 1. The van der Waals surface area contributed by atoms with Gasteiger partial charge in [0.1, 0.15) is 4.90 Å². The lowest BCUT2D eigenvalue weighted by Gasteiger charge is -2.30. The average Bonchev–Trinajstić information content (AvgIpc) is 2.98. The minimum Gasteiger partial charge on any atom is -0.382 e. The van der Waals surface area contributed by atoms with Crippen molar-refractivity contribution in [2.45, 2.75) is 37.3 Å². The first-order valence-corrected chi connectivity index (χ1v) is 8.65. The highest BCUT2D eigenvalue weighted by Crippen LogP contribution is 2.21. The molecule has 1 aliphatic rings. The summed E-state index contributed by atoms with van der Waals surface area (Å²) in [6, 6.07) is 0. The number of methoxy groups -OCH3 is 1. The van der Waals surface area contributed by atoms with Gasteiger partial charge in [-0.25, -0.2) is 8.42 Å². The fourth-order valence-corrected chi connectivity index (χ4v) is 3.76. The first-order valence-electron chi connectivity index (χ1n) is 7.21. The van der Waals surface area contributed by atoms with Gasteiger partial charge in [-0.05, 0) is 19.8 Å². The standard InChI is InChI=1S/C13H23N3O4S/c1-3-15-11-13(10-14-15)21(17,18)16-6-4-12(5-7-16)20-9-8-19-2/h10-12H,3-9H2,1-2H3. The van der Waals surface area contributed by atoms with Crippen LogP contribution in [0.3, 0.4) is 0 Å². The first-order chi connectivity index (χ1) is 10.1. The molecular formula is C13H23N3O4S. The SMILES string of the molecule is CCn1cc(S(=O)(=O)N2CCC(OCCOC)CC2)cn1. The van der Waals surface area contributed by atoms with E-state index >= 15 is 0 Å². The van der Waals surface area contributed by atoms with Gasteiger partial charge in [0.25, 0.3) is 0 Å². The molecule has 0 aliphatic carbocycles. The summed E-state index contributed by atoms with van der Waals surface area (Å²) in [5, 5.41) is 4.03. The number of piperidine rings is 1. The Balaban J connectivity index is 1.91. The minimum absolute atomic E-state index is 0.116. The molecule has 1 aromatic heterocycles. The van der Waals surface area contributed by atoms with E-state index in [0.29, 0.717) is 45.7 Å². The molecule has 1 aromatic rings. The number of nitrogens with zero attached hydrogens (tertiary/aromatic N) is 3. The third-order valence-electron chi connectivity index (χ3n) is 3.61. The first kappa shape index (κ1) is 16.4. The topological polar surface area (TPSA) is 73.7 Å². The van der Waals surface area contributed by atoms with Gasteiger partial charge in [0.15, 0.2) is 0 Å². The molecule has 120 valence electrons. The van der Waals surface area contributed by atoms with Crippen LogP contribution in [0.4, 0.5) is 0 Å². The minimum atomic E-state index is -3.43. The van der Waals surface area contributed by atoms with Crippen LogP contribution in [0.15, 0.2) is 17.3 Å². The second-order valence-electron chi connectivity index (χ2n) is 5.00. The van der Waals surface area contributed by atoms with Gasteiger partial charge in [0, 0.05) is 32.9 Å². The molecule has 0 aromatic carbocycles. The van der Waals surface area contributed by atoms with E-state index in [4.69, 9.17) is 9.47 Å². The molecule has 8 heteroatoms. The van der Waals surface area contributed by atoms with Crippen molar-refractivity contribution in [3.8, 4) is 0 Å². The number of hydrogen-bond acceptors (Lipinski definition) is 5. The zero-order valence-electron chi connectivity index (χ0n) is 12.6. The summed E-state index contributed by atoms with van der Waals surface area (Å²) in [6.45, 7) is 4.66. The highest BCUT2D eigenvalue weighted by atomic mass is 32.2. The molecule has 21 heavy (non-hydrogen) atoms. The molecule has 0 bridgehead atoms. The number of rotatable bonds is 7. The van der Waals surface area contributed by atoms with Crippen LogP contribution in [-0.2, 0) is 26.0 Å². The lowest BCUT2D eigenvalue weighted by atomic mass is 10.1. The van der Waals surface area contributed by atoms with Crippen LogP contribution in [0.2, 0.25) is 0 Å². The van der Waals surface area contributed by atoms with Crippen molar-refractivity contribution in [1.29, 1.82) is 0 Å². The molecule has 0 N–H and O–H groups in total. The van der Waals surface area contributed by atoms with Crippen LogP contribution in [0.5, 0.6) is 0 Å². The third-order valence-corrected chi connectivity index (χ3v) is 5.46. The summed E-state index contributed by atoms with van der Waals surface area (Å²) in [5.41, 5.74) is 0. The van der Waals surface area contributed by atoms with Crippen LogP contribution in [-0.4, -0.2) is 62.0 Å². The summed E-state index contributed by atoms with van der Waals surface area (Å²) in [7, 11) is -1.80. The van der Waals surface area contributed by atoms with E-state index in [1.807, 2.05) is 6.92 Å². The summed E-state index contributed by atoms with van der Waals surface area (Å²) in [4.78, 5) is 0.267. The van der Waals surface area contributed by atoms with Crippen LogP contribution >= 0.6 is 0 Å². The van der Waals surface area contributed by atoms with Crippen molar-refractivity contribution >= 4 is 10.0 Å². The molecule has 1 aliphatic heterocycles. The fraction of sp³-hybridized carbons (Fsp3) is 0.769. The summed E-state index contributed by atoms with van der Waals surface area (Å²) in [5.74, 6) is 0. The van der Waals surface area contributed by atoms with Gasteiger partial charge in [-0.3, -0.25) is 4.68 Å². The Hall–Kier alpha value is -0.960. The van der Waals surface area contributed by atoms with Crippen LogP contribution in [0.1, 0.15) is 19.8 Å². The van der Waals surface area contributed by atoms with Crippen molar-refractivity contribution < 1.29 is 17.9 Å². The Morgan fingerprint density at radius 2 is 2.05 bits per heavy atom. The summed E-state index contributed by atoms with van der Waals surface area (Å²) >= 11 is 0. The van der Waals surface area contributed by atoms with E-state index in [9.17, 15) is 8.42 Å². The predicted molar refractivity (Wildman–Crippen MR) is 77.5 cm³/mol. The fourth-order valence-electron chi connectivity index (χ4n) is 2.34. The molecule has 7 nitrogen and oxygen atoms in total. The van der Waals surface area contributed by atoms with E-state index in [1.54, 1.807) is 18.0 Å². The number of hydrogen-bond donors (Lipinski definition) is 0. The average molecular weight is 317 g/mol. The molecule has 0 amide bonds. The van der Waals surface area contributed by atoms with Crippen molar-refractivity contribution in [3.05, 3.63) is 12.4 Å². The van der Waals surface area contributed by atoms with Gasteiger partial charge in [0.05, 0.1) is 25.5 Å². The largest absolute Gasteiger partial charge is 0.382 e. The zero-order valence-corrected chi connectivity index (χ0v) is 13.4. The Labute approximate surface area is 125 Å². The number of aromatic nitrogens is 2. The maximum atomic E-state index is 12.5. The molecule has 0 atom stereocenters. The lowest BCUT2D eigenvalue weighted by Crippen LogP contribution is -2.41. The zero-order chi connectivity index (χ0) is 15.3. The molecule has 2 heterocycles. The Bertz CT molecular complexity index is 535. The quantitative estimate of drug-likeness (QED) is 0.693. The molecule has 2 rings (SSSR count). The second kappa shape index (κ2) is 7.35. The number of sulfonamides is 1. The Kier molecular flexibility index (Phi) is 5.74. The third kappa shape index (κ3) is 4.03. The van der Waals surface area contributed by atoms with Gasteiger partial charge < -0.3 is 9.47 Å². The van der Waals surface area contributed by atoms with E-state index in [0.717, 1.165) is 0 Å². The van der Waals surface area contributed by atoms with Crippen molar-refractivity contribution in [1.82, 2.24) is 14.1 Å². The predicted octanol–water partition coefficient (Wildman–Crippen LogP) is 0.719. The Morgan fingerprint density at radius 1 is 1.33 bits per heavy atom. The lowest BCUT2D eigenvalue weighted by molar-refractivity contribution is -0.00502. The van der Waals surface area contributed by atoms with E-state index in [2.05, 4.69) is 5.10 Å². The number of ether oxygens (including phenoxy) is 2. The normalized spacial score (nSPS) is 18.2. The van der Waals surface area contributed by atoms with Crippen molar-refractivity contribution in [2.24, 2.45) is 0 Å². The molecule has 1 fully saturated rings. The maximum Gasteiger partial charge on any atom is 0.246 e. The van der Waals surface area contributed by atoms with Crippen molar-refractivity contribution in [2.75, 3.05) is 33.4 Å². The van der Waals surface area contributed by atoms with E-state index in [1.165, 1.54) is 10.5 Å². The molecule has 0 unspecified atom stereocenters. The van der Waals surface area contributed by atoms with Gasteiger partial charge >= 0.3 is 0 Å². The van der Waals surface area contributed by atoms with Crippen molar-refractivity contribution in [3.63, 3.8) is 0 Å². The van der Waals surface area contributed by atoms with Gasteiger partial charge in [-0.2, -0.15) is 9.40 Å². The maximum absolute atomic E-state index is 12.5. The molecule has 0 radical (unpaired) electrons. The molecule has 0 saturated carbocycles. The second-order valence-corrected chi connectivity index (χ2v) is 6.94. The van der Waals surface area contributed by atoms with Gasteiger partial charge in [0.2, 0.25) is 10.0 Å². The molecule has 1 saturated heterocycles. The molecule has 0 spiro atoms. The van der Waals surface area contributed by atoms with Crippen LogP contribution in [0.25, 0.3) is 0 Å². The van der Waals surface area contributed by atoms with E-state index in [-0.39, 0.29) is 11.0 Å². The Morgan fingerprint density at radius 3 is 2.62 bits per heavy atom. The smallest absolute Gasteiger partial charge is 0.246 e.